The van der Waals surface area contributed by atoms with E-state index in [0.717, 1.165) is 12.1 Å². The average molecular weight is 287 g/mol. The van der Waals surface area contributed by atoms with Crippen LogP contribution in [0.2, 0.25) is 0 Å². The molecule has 2 aromatic carbocycles. The number of rotatable bonds is 5. The highest BCUT2D eigenvalue weighted by Gasteiger charge is 2.09. The van der Waals surface area contributed by atoms with Crippen LogP contribution in [0.3, 0.4) is 0 Å². The van der Waals surface area contributed by atoms with Gasteiger partial charge in [-0.25, -0.2) is 4.39 Å². The van der Waals surface area contributed by atoms with E-state index in [1.807, 2.05) is 13.0 Å². The number of benzene rings is 2. The van der Waals surface area contributed by atoms with Gasteiger partial charge in [-0.05, 0) is 44.0 Å². The highest BCUT2D eigenvalue weighted by Crippen LogP contribution is 2.22. The number of ether oxygens (including phenoxy) is 1. The first-order valence-electron chi connectivity index (χ1n) is 7.13. The maximum atomic E-state index is 13.7. The zero-order valence-electron chi connectivity index (χ0n) is 13.0. The quantitative estimate of drug-likeness (QED) is 0.885. The van der Waals surface area contributed by atoms with Crippen LogP contribution in [0, 0.1) is 19.7 Å². The van der Waals surface area contributed by atoms with E-state index in [9.17, 15) is 4.39 Å². The smallest absolute Gasteiger partial charge is 0.165 e. The third-order valence-electron chi connectivity index (χ3n) is 3.57. The van der Waals surface area contributed by atoms with Gasteiger partial charge >= 0.3 is 0 Å². The summed E-state index contributed by atoms with van der Waals surface area (Å²) in [4.78, 5) is 0. The summed E-state index contributed by atoms with van der Waals surface area (Å²) in [6, 6.07) is 11.7. The number of hydrogen-bond donors (Lipinski definition) is 1. The van der Waals surface area contributed by atoms with Gasteiger partial charge in [0.05, 0.1) is 7.11 Å². The minimum absolute atomic E-state index is 0.0752. The zero-order chi connectivity index (χ0) is 15.4. The molecule has 1 unspecified atom stereocenters. The van der Waals surface area contributed by atoms with Gasteiger partial charge in [0.2, 0.25) is 0 Å². The minimum Gasteiger partial charge on any atom is -0.494 e. The normalized spacial score (nSPS) is 12.2. The van der Waals surface area contributed by atoms with E-state index >= 15 is 0 Å². The second-order valence-electron chi connectivity index (χ2n) is 5.49. The molecule has 2 rings (SSSR count). The van der Waals surface area contributed by atoms with Gasteiger partial charge in [0.1, 0.15) is 0 Å². The summed E-state index contributed by atoms with van der Waals surface area (Å²) in [7, 11) is 1.47. The van der Waals surface area contributed by atoms with Crippen molar-refractivity contribution in [1.29, 1.82) is 0 Å². The van der Waals surface area contributed by atoms with Crippen LogP contribution in [0.15, 0.2) is 36.4 Å². The Morgan fingerprint density at radius 3 is 2.33 bits per heavy atom. The van der Waals surface area contributed by atoms with Crippen molar-refractivity contribution < 1.29 is 9.13 Å². The molecule has 0 fully saturated rings. The lowest BCUT2D eigenvalue weighted by molar-refractivity contribution is 0.385. The molecular weight excluding hydrogens is 265 g/mol. The molecule has 0 aromatic heterocycles. The van der Waals surface area contributed by atoms with E-state index in [1.165, 1.54) is 29.9 Å². The van der Waals surface area contributed by atoms with Crippen molar-refractivity contribution in [3.8, 4) is 5.75 Å². The average Bonchev–Trinajstić information content (AvgIpc) is 2.43. The van der Waals surface area contributed by atoms with E-state index in [1.54, 1.807) is 6.07 Å². The van der Waals surface area contributed by atoms with Crippen LogP contribution < -0.4 is 10.1 Å². The zero-order valence-corrected chi connectivity index (χ0v) is 13.0. The number of methoxy groups -OCH3 is 1. The molecule has 3 heteroatoms. The topological polar surface area (TPSA) is 21.3 Å². The maximum absolute atomic E-state index is 13.7. The first-order valence-corrected chi connectivity index (χ1v) is 7.13. The van der Waals surface area contributed by atoms with E-state index in [4.69, 9.17) is 4.74 Å². The molecule has 1 N–H and O–H groups in total. The molecule has 0 aliphatic heterocycles. The molecule has 112 valence electrons. The van der Waals surface area contributed by atoms with E-state index < -0.39 is 0 Å². The van der Waals surface area contributed by atoms with Gasteiger partial charge in [0.25, 0.3) is 0 Å². The van der Waals surface area contributed by atoms with Crippen LogP contribution in [-0.2, 0) is 6.54 Å². The molecule has 0 amide bonds. The number of aryl methyl sites for hydroxylation is 2. The Hall–Kier alpha value is -1.87. The Morgan fingerprint density at radius 1 is 1.10 bits per heavy atom. The summed E-state index contributed by atoms with van der Waals surface area (Å²) in [5.74, 6) is -0.0460. The molecule has 2 nitrogen and oxygen atoms in total. The summed E-state index contributed by atoms with van der Waals surface area (Å²) in [5.41, 5.74) is 4.68. The number of hydrogen-bond acceptors (Lipinski definition) is 2. The second-order valence-corrected chi connectivity index (χ2v) is 5.49. The standard InChI is InChI=1S/C18H22FNO/c1-12-7-13(2)9-15(8-12)11-20-14(3)16-5-6-18(21-4)17(19)10-16/h5-10,14,20H,11H2,1-4H3. The van der Waals surface area contributed by atoms with Crippen LogP contribution in [0.25, 0.3) is 0 Å². The van der Waals surface area contributed by atoms with Crippen LogP contribution in [0.4, 0.5) is 4.39 Å². The lowest BCUT2D eigenvalue weighted by Crippen LogP contribution is -2.18. The third kappa shape index (κ3) is 4.05. The lowest BCUT2D eigenvalue weighted by atomic mass is 10.1. The van der Waals surface area contributed by atoms with E-state index in [-0.39, 0.29) is 17.6 Å². The van der Waals surface area contributed by atoms with Crippen molar-refractivity contribution in [1.82, 2.24) is 5.32 Å². The minimum atomic E-state index is -0.324. The molecule has 0 radical (unpaired) electrons. The van der Waals surface area contributed by atoms with Crippen molar-refractivity contribution in [3.05, 3.63) is 64.5 Å². The number of nitrogens with one attached hydrogen (secondary N) is 1. The van der Waals surface area contributed by atoms with Crippen molar-refractivity contribution in [2.24, 2.45) is 0 Å². The fourth-order valence-corrected chi connectivity index (χ4v) is 2.51. The summed E-state index contributed by atoms with van der Waals surface area (Å²) in [6.45, 7) is 6.98. The molecule has 0 bridgehead atoms. The van der Waals surface area contributed by atoms with Crippen molar-refractivity contribution >= 4 is 0 Å². The third-order valence-corrected chi connectivity index (χ3v) is 3.57. The Bertz CT molecular complexity index is 604. The van der Waals surface area contributed by atoms with Crippen LogP contribution in [0.1, 0.15) is 35.2 Å². The van der Waals surface area contributed by atoms with Gasteiger partial charge < -0.3 is 10.1 Å². The molecule has 0 saturated heterocycles. The van der Waals surface area contributed by atoms with Gasteiger partial charge in [-0.3, -0.25) is 0 Å². The molecule has 0 aliphatic rings. The molecular formula is C18H22FNO. The molecule has 0 saturated carbocycles. The molecule has 0 spiro atoms. The Kier molecular flexibility index (Phi) is 4.97. The van der Waals surface area contributed by atoms with Gasteiger partial charge in [0, 0.05) is 12.6 Å². The fraction of sp³-hybridized carbons (Fsp3) is 0.333. The van der Waals surface area contributed by atoms with Crippen molar-refractivity contribution in [2.75, 3.05) is 7.11 Å². The Morgan fingerprint density at radius 2 is 1.76 bits per heavy atom. The summed E-state index contributed by atoms with van der Waals surface area (Å²) in [6.07, 6.45) is 0. The first-order chi connectivity index (χ1) is 9.99. The fourth-order valence-electron chi connectivity index (χ4n) is 2.51. The summed E-state index contributed by atoms with van der Waals surface area (Å²) < 4.78 is 18.7. The Labute approximate surface area is 126 Å². The summed E-state index contributed by atoms with van der Waals surface area (Å²) in [5, 5.41) is 3.43. The predicted molar refractivity (Wildman–Crippen MR) is 84.1 cm³/mol. The first kappa shape index (κ1) is 15.5. The van der Waals surface area contributed by atoms with Crippen LogP contribution in [0.5, 0.6) is 5.75 Å². The lowest BCUT2D eigenvalue weighted by Gasteiger charge is -2.16. The molecule has 0 aliphatic carbocycles. The van der Waals surface area contributed by atoms with Gasteiger partial charge in [0.15, 0.2) is 11.6 Å². The van der Waals surface area contributed by atoms with Gasteiger partial charge in [-0.15, -0.1) is 0 Å². The van der Waals surface area contributed by atoms with Crippen molar-refractivity contribution in [2.45, 2.75) is 33.4 Å². The highest BCUT2D eigenvalue weighted by atomic mass is 19.1. The SMILES string of the molecule is COc1ccc(C(C)NCc2cc(C)cc(C)c2)cc1F. The van der Waals surface area contributed by atoms with Crippen LogP contribution in [-0.4, -0.2) is 7.11 Å². The number of halogens is 1. The van der Waals surface area contributed by atoms with Gasteiger partial charge in [-0.1, -0.05) is 35.4 Å². The molecule has 0 heterocycles. The van der Waals surface area contributed by atoms with E-state index in [2.05, 4.69) is 37.4 Å². The summed E-state index contributed by atoms with van der Waals surface area (Å²) >= 11 is 0. The molecule has 2 aromatic rings. The van der Waals surface area contributed by atoms with Crippen molar-refractivity contribution in [3.63, 3.8) is 0 Å². The van der Waals surface area contributed by atoms with Crippen LogP contribution >= 0.6 is 0 Å². The molecule has 21 heavy (non-hydrogen) atoms. The van der Waals surface area contributed by atoms with E-state index in [0.29, 0.717) is 0 Å². The highest BCUT2D eigenvalue weighted by molar-refractivity contribution is 5.31. The second kappa shape index (κ2) is 6.72. The molecule has 1 atom stereocenters. The maximum Gasteiger partial charge on any atom is 0.165 e. The van der Waals surface area contributed by atoms with Gasteiger partial charge in [-0.2, -0.15) is 0 Å². The predicted octanol–water partition coefficient (Wildman–Crippen LogP) is 4.30. The monoisotopic (exact) mass is 287 g/mol. The largest absolute Gasteiger partial charge is 0.494 e. The Balaban J connectivity index is 2.04.